The summed E-state index contributed by atoms with van der Waals surface area (Å²) in [6.07, 6.45) is 1.80. The van der Waals surface area contributed by atoms with E-state index in [0.717, 1.165) is 13.1 Å². The molecule has 3 rings (SSSR count). The molecule has 0 bridgehead atoms. The monoisotopic (exact) mass is 316 g/mol. The fourth-order valence-corrected chi connectivity index (χ4v) is 2.21. The van der Waals surface area contributed by atoms with Gasteiger partial charge in [0.15, 0.2) is 0 Å². The summed E-state index contributed by atoms with van der Waals surface area (Å²) < 4.78 is 24.5. The fraction of sp³-hybridized carbons (Fsp3) is 0.294. The highest BCUT2D eigenvalue weighted by molar-refractivity contribution is 5.90. The molecule has 1 aliphatic heterocycles. The van der Waals surface area contributed by atoms with Gasteiger partial charge in [-0.25, -0.2) is 9.18 Å². The van der Waals surface area contributed by atoms with Crippen LogP contribution < -0.4 is 10.1 Å². The standard InChI is InChI=1S/C17H17FN2O3/c1-2-22-17(21)14-5-3-11(7-15(14)18)16-6-4-12(10-20-16)23-13-8-19-9-13/h3-7,10,13,19H,2,8-9H2,1H3. The SMILES string of the molecule is CCOC(=O)c1ccc(-c2ccc(OC3CNC3)cn2)cc1F. The van der Waals surface area contributed by atoms with E-state index in [2.05, 4.69) is 10.3 Å². The molecule has 1 aromatic heterocycles. The molecule has 0 saturated carbocycles. The zero-order valence-corrected chi connectivity index (χ0v) is 12.7. The van der Waals surface area contributed by atoms with Crippen molar-refractivity contribution < 1.29 is 18.7 Å². The van der Waals surface area contributed by atoms with Crippen LogP contribution in [0.2, 0.25) is 0 Å². The number of aromatic nitrogens is 1. The minimum Gasteiger partial charge on any atom is -0.486 e. The first kappa shape index (κ1) is 15.4. The molecule has 0 amide bonds. The number of carbonyl (C=O) groups is 1. The summed E-state index contributed by atoms with van der Waals surface area (Å²) >= 11 is 0. The number of ether oxygens (including phenoxy) is 2. The van der Waals surface area contributed by atoms with Gasteiger partial charge in [-0.2, -0.15) is 0 Å². The van der Waals surface area contributed by atoms with Crippen molar-refractivity contribution in [3.8, 4) is 17.0 Å². The average Bonchev–Trinajstić information content (AvgIpc) is 2.51. The summed E-state index contributed by atoms with van der Waals surface area (Å²) in [5, 5.41) is 3.12. The van der Waals surface area contributed by atoms with Crippen LogP contribution >= 0.6 is 0 Å². The van der Waals surface area contributed by atoms with Gasteiger partial charge in [-0.3, -0.25) is 4.98 Å². The topological polar surface area (TPSA) is 60.5 Å². The summed E-state index contributed by atoms with van der Waals surface area (Å²) in [5.74, 6) is -0.602. The van der Waals surface area contributed by atoms with E-state index in [1.807, 2.05) is 0 Å². The van der Waals surface area contributed by atoms with Crippen molar-refractivity contribution in [3.05, 3.63) is 47.9 Å². The lowest BCUT2D eigenvalue weighted by molar-refractivity contribution is 0.0521. The fourth-order valence-electron chi connectivity index (χ4n) is 2.21. The normalized spacial score (nSPS) is 14.2. The minimum absolute atomic E-state index is 0.0759. The predicted molar refractivity (Wildman–Crippen MR) is 82.9 cm³/mol. The Balaban J connectivity index is 1.75. The maximum atomic E-state index is 14.1. The Bertz CT molecular complexity index is 699. The summed E-state index contributed by atoms with van der Waals surface area (Å²) in [4.78, 5) is 15.9. The largest absolute Gasteiger partial charge is 0.486 e. The highest BCUT2D eigenvalue weighted by Crippen LogP contribution is 2.23. The molecule has 2 heterocycles. The van der Waals surface area contributed by atoms with Gasteiger partial charge in [0, 0.05) is 18.7 Å². The Morgan fingerprint density at radius 2 is 2.17 bits per heavy atom. The second-order valence-electron chi connectivity index (χ2n) is 5.19. The minimum atomic E-state index is -0.664. The van der Waals surface area contributed by atoms with Gasteiger partial charge >= 0.3 is 5.97 Å². The molecule has 120 valence electrons. The van der Waals surface area contributed by atoms with Gasteiger partial charge in [0.05, 0.1) is 24.1 Å². The van der Waals surface area contributed by atoms with E-state index in [1.165, 1.54) is 12.1 Å². The molecule has 0 aliphatic carbocycles. The van der Waals surface area contributed by atoms with Crippen molar-refractivity contribution in [2.75, 3.05) is 19.7 Å². The zero-order chi connectivity index (χ0) is 16.2. The van der Waals surface area contributed by atoms with Crippen molar-refractivity contribution >= 4 is 5.97 Å². The molecule has 1 aliphatic rings. The molecule has 2 aromatic rings. The van der Waals surface area contributed by atoms with Gasteiger partial charge in [-0.1, -0.05) is 6.07 Å². The van der Waals surface area contributed by atoms with Crippen LogP contribution in [0.4, 0.5) is 4.39 Å². The molecule has 1 fully saturated rings. The lowest BCUT2D eigenvalue weighted by Crippen LogP contribution is -2.50. The van der Waals surface area contributed by atoms with Gasteiger partial charge in [0.2, 0.25) is 0 Å². The number of carbonyl (C=O) groups excluding carboxylic acids is 1. The van der Waals surface area contributed by atoms with Crippen LogP contribution in [0.5, 0.6) is 5.75 Å². The molecule has 0 unspecified atom stereocenters. The number of benzene rings is 1. The maximum Gasteiger partial charge on any atom is 0.341 e. The van der Waals surface area contributed by atoms with Gasteiger partial charge < -0.3 is 14.8 Å². The smallest absolute Gasteiger partial charge is 0.341 e. The van der Waals surface area contributed by atoms with E-state index in [1.54, 1.807) is 31.3 Å². The van der Waals surface area contributed by atoms with Crippen LogP contribution in [0.3, 0.4) is 0 Å². The first-order valence-corrected chi connectivity index (χ1v) is 7.48. The van der Waals surface area contributed by atoms with Gasteiger partial charge in [0.25, 0.3) is 0 Å². The summed E-state index contributed by atoms with van der Waals surface area (Å²) in [6, 6.07) is 7.91. The van der Waals surface area contributed by atoms with E-state index in [9.17, 15) is 9.18 Å². The van der Waals surface area contributed by atoms with E-state index in [0.29, 0.717) is 17.0 Å². The molecule has 1 saturated heterocycles. The molecule has 5 nitrogen and oxygen atoms in total. The van der Waals surface area contributed by atoms with E-state index >= 15 is 0 Å². The third kappa shape index (κ3) is 3.48. The van der Waals surface area contributed by atoms with Crippen LogP contribution in [0.15, 0.2) is 36.5 Å². The Kier molecular flexibility index (Phi) is 4.52. The number of esters is 1. The molecule has 0 radical (unpaired) electrons. The quantitative estimate of drug-likeness (QED) is 0.859. The molecule has 0 spiro atoms. The van der Waals surface area contributed by atoms with Crippen molar-refractivity contribution in [2.45, 2.75) is 13.0 Å². The van der Waals surface area contributed by atoms with E-state index < -0.39 is 11.8 Å². The molecular formula is C17H17FN2O3. The highest BCUT2D eigenvalue weighted by atomic mass is 19.1. The summed E-state index contributed by atoms with van der Waals surface area (Å²) in [7, 11) is 0. The van der Waals surface area contributed by atoms with Crippen molar-refractivity contribution in [3.63, 3.8) is 0 Å². The van der Waals surface area contributed by atoms with Crippen LogP contribution in [0.25, 0.3) is 11.3 Å². The number of hydrogen-bond acceptors (Lipinski definition) is 5. The van der Waals surface area contributed by atoms with Crippen LogP contribution in [-0.4, -0.2) is 36.8 Å². The van der Waals surface area contributed by atoms with Crippen molar-refractivity contribution in [1.82, 2.24) is 10.3 Å². The Morgan fingerprint density at radius 1 is 1.35 bits per heavy atom. The zero-order valence-electron chi connectivity index (χ0n) is 12.7. The Hall–Kier alpha value is -2.47. The second-order valence-corrected chi connectivity index (χ2v) is 5.19. The molecule has 6 heteroatoms. The summed E-state index contributed by atoms with van der Waals surface area (Å²) in [5.41, 5.74) is 1.12. The lowest BCUT2D eigenvalue weighted by Gasteiger charge is -2.27. The molecule has 0 atom stereocenters. The van der Waals surface area contributed by atoms with Crippen molar-refractivity contribution in [1.29, 1.82) is 0 Å². The van der Waals surface area contributed by atoms with Gasteiger partial charge in [-0.15, -0.1) is 0 Å². The molecular weight excluding hydrogens is 299 g/mol. The molecule has 23 heavy (non-hydrogen) atoms. The number of hydrogen-bond donors (Lipinski definition) is 1. The molecule has 1 aromatic carbocycles. The second kappa shape index (κ2) is 6.75. The number of halogens is 1. The van der Waals surface area contributed by atoms with E-state index in [-0.39, 0.29) is 18.3 Å². The van der Waals surface area contributed by atoms with Gasteiger partial charge in [0.1, 0.15) is 17.7 Å². The third-order valence-electron chi connectivity index (χ3n) is 3.54. The van der Waals surface area contributed by atoms with Crippen LogP contribution in [-0.2, 0) is 4.74 Å². The summed E-state index contributed by atoms with van der Waals surface area (Å²) in [6.45, 7) is 3.56. The van der Waals surface area contributed by atoms with Crippen LogP contribution in [0, 0.1) is 5.82 Å². The number of pyridine rings is 1. The maximum absolute atomic E-state index is 14.1. The van der Waals surface area contributed by atoms with Gasteiger partial charge in [-0.05, 0) is 31.2 Å². The van der Waals surface area contributed by atoms with Crippen molar-refractivity contribution in [2.24, 2.45) is 0 Å². The first-order chi connectivity index (χ1) is 11.2. The third-order valence-corrected chi connectivity index (χ3v) is 3.54. The average molecular weight is 316 g/mol. The number of nitrogens with zero attached hydrogens (tertiary/aromatic N) is 1. The Labute approximate surface area is 133 Å². The number of rotatable bonds is 5. The highest BCUT2D eigenvalue weighted by Gasteiger charge is 2.18. The molecule has 1 N–H and O–H groups in total. The number of nitrogens with one attached hydrogen (secondary N) is 1. The van der Waals surface area contributed by atoms with Crippen LogP contribution in [0.1, 0.15) is 17.3 Å². The first-order valence-electron chi connectivity index (χ1n) is 7.48. The van der Waals surface area contributed by atoms with E-state index in [4.69, 9.17) is 9.47 Å². The lowest BCUT2D eigenvalue weighted by atomic mass is 10.1. The Morgan fingerprint density at radius 3 is 2.74 bits per heavy atom. The predicted octanol–water partition coefficient (Wildman–Crippen LogP) is 2.42.